The molecule has 0 radical (unpaired) electrons. The monoisotopic (exact) mass is 596 g/mol. The van der Waals surface area contributed by atoms with Crippen molar-refractivity contribution in [2.45, 2.75) is 62.3 Å². The maximum absolute atomic E-state index is 11.7. The Morgan fingerprint density at radius 2 is 1.39 bits per heavy atom. The minimum Gasteiger partial charge on any atom is -0.507 e. The lowest BCUT2D eigenvalue weighted by Crippen LogP contribution is -2.17. The summed E-state index contributed by atoms with van der Waals surface area (Å²) in [7, 11) is 0. The summed E-state index contributed by atoms with van der Waals surface area (Å²) in [6.45, 7) is 12.9. The van der Waals surface area contributed by atoms with E-state index in [9.17, 15) is 5.11 Å². The van der Waals surface area contributed by atoms with Gasteiger partial charge in [-0.2, -0.15) is 0 Å². The number of benzene rings is 3. The van der Waals surface area contributed by atoms with Gasteiger partial charge in [0.2, 0.25) is 0 Å². The molecule has 0 saturated carbocycles. The molecule has 220 valence electrons. The third-order valence-electron chi connectivity index (χ3n) is 7.67. The summed E-state index contributed by atoms with van der Waals surface area (Å²) < 4.78 is 0. The SMILES string of the molecule is CC(C)(C)c1cc(-c2nc(-c3ccccc3)cc(-c3cccc(Sc4cc5cnccc5cn4)c3)n2)c(O)c(C(C)(C)C)c1. The molecule has 3 aromatic heterocycles. The summed E-state index contributed by atoms with van der Waals surface area (Å²) in [5.41, 5.74) is 5.78. The molecule has 0 unspecified atom stereocenters. The van der Waals surface area contributed by atoms with Gasteiger partial charge < -0.3 is 5.11 Å². The fourth-order valence-electron chi connectivity index (χ4n) is 5.14. The molecule has 0 fully saturated rings. The molecule has 44 heavy (non-hydrogen) atoms. The van der Waals surface area contributed by atoms with E-state index in [-0.39, 0.29) is 16.6 Å². The normalized spacial score (nSPS) is 12.0. The average Bonchev–Trinajstić information content (AvgIpc) is 3.00. The molecule has 6 aromatic rings. The van der Waals surface area contributed by atoms with Crippen LogP contribution in [0.25, 0.3) is 44.7 Å². The summed E-state index contributed by atoms with van der Waals surface area (Å²) in [6.07, 6.45) is 5.53. The van der Waals surface area contributed by atoms with E-state index in [0.717, 1.165) is 54.3 Å². The lowest BCUT2D eigenvalue weighted by atomic mass is 9.79. The molecule has 6 rings (SSSR count). The molecule has 3 aromatic carbocycles. The van der Waals surface area contributed by atoms with Gasteiger partial charge in [0.25, 0.3) is 0 Å². The van der Waals surface area contributed by atoms with Crippen molar-refractivity contribution in [1.82, 2.24) is 19.9 Å². The van der Waals surface area contributed by atoms with Crippen molar-refractivity contribution in [3.05, 3.63) is 115 Å². The lowest BCUT2D eigenvalue weighted by molar-refractivity contribution is 0.446. The Hall–Kier alpha value is -4.55. The average molecular weight is 597 g/mol. The fraction of sp³-hybridized carbons (Fsp3) is 0.211. The van der Waals surface area contributed by atoms with Gasteiger partial charge in [-0.1, -0.05) is 102 Å². The second-order valence-electron chi connectivity index (χ2n) is 13.1. The molecule has 1 N–H and O–H groups in total. The van der Waals surface area contributed by atoms with Crippen molar-refractivity contribution in [1.29, 1.82) is 0 Å². The zero-order chi connectivity index (χ0) is 31.1. The first-order valence-corrected chi connectivity index (χ1v) is 15.6. The standard InChI is InChI=1S/C38H36N4OS/c1-37(2,3)28-19-30(35(43)31(20-28)38(4,5)6)36-41-32(24-11-8-7-9-12-24)21-33(42-36)25-13-10-14-29(17-25)44-34-18-27-22-39-16-15-26(27)23-40-34/h7-23,43H,1-6H3. The molecule has 5 nitrogen and oxygen atoms in total. The van der Waals surface area contributed by atoms with Crippen LogP contribution in [0.5, 0.6) is 5.75 Å². The zero-order valence-corrected chi connectivity index (χ0v) is 26.8. The number of fused-ring (bicyclic) bond motifs is 1. The number of hydrogen-bond donors (Lipinski definition) is 1. The summed E-state index contributed by atoms with van der Waals surface area (Å²) in [4.78, 5) is 20.1. The van der Waals surface area contributed by atoms with Crippen LogP contribution >= 0.6 is 11.8 Å². The minimum absolute atomic E-state index is 0.124. The highest BCUT2D eigenvalue weighted by molar-refractivity contribution is 7.99. The van der Waals surface area contributed by atoms with Gasteiger partial charge in [-0.25, -0.2) is 15.0 Å². The van der Waals surface area contributed by atoms with Crippen molar-refractivity contribution < 1.29 is 5.11 Å². The quantitative estimate of drug-likeness (QED) is 0.214. The maximum Gasteiger partial charge on any atom is 0.164 e. The van der Waals surface area contributed by atoms with Crippen LogP contribution in [-0.2, 0) is 10.8 Å². The Labute approximate surface area is 263 Å². The van der Waals surface area contributed by atoms with E-state index in [2.05, 4.69) is 94.0 Å². The molecule has 0 aliphatic carbocycles. The first kappa shape index (κ1) is 29.5. The van der Waals surface area contributed by atoms with Crippen molar-refractivity contribution in [3.63, 3.8) is 0 Å². The first-order valence-electron chi connectivity index (χ1n) is 14.8. The maximum atomic E-state index is 11.7. The van der Waals surface area contributed by atoms with Crippen LogP contribution in [0.2, 0.25) is 0 Å². The van der Waals surface area contributed by atoms with Gasteiger partial charge in [0.05, 0.1) is 17.0 Å². The lowest BCUT2D eigenvalue weighted by Gasteiger charge is -2.27. The molecule has 0 aliphatic heterocycles. The molecule has 6 heteroatoms. The highest BCUT2D eigenvalue weighted by Gasteiger charge is 2.27. The summed E-state index contributed by atoms with van der Waals surface area (Å²) >= 11 is 1.60. The first-order chi connectivity index (χ1) is 21.0. The van der Waals surface area contributed by atoms with Gasteiger partial charge in [-0.3, -0.25) is 4.98 Å². The Morgan fingerprint density at radius 1 is 0.659 bits per heavy atom. The van der Waals surface area contributed by atoms with Crippen LogP contribution < -0.4 is 0 Å². The van der Waals surface area contributed by atoms with E-state index in [1.54, 1.807) is 18.0 Å². The topological polar surface area (TPSA) is 71.8 Å². The summed E-state index contributed by atoms with van der Waals surface area (Å²) in [5.74, 6) is 0.722. The Morgan fingerprint density at radius 3 is 2.11 bits per heavy atom. The number of phenolic OH excluding ortho intramolecular Hbond substituents is 1. The van der Waals surface area contributed by atoms with Gasteiger partial charge in [0, 0.05) is 50.9 Å². The van der Waals surface area contributed by atoms with E-state index < -0.39 is 0 Å². The largest absolute Gasteiger partial charge is 0.507 e. The molecule has 3 heterocycles. The zero-order valence-electron chi connectivity index (χ0n) is 26.0. The van der Waals surface area contributed by atoms with Crippen molar-refractivity contribution in [2.75, 3.05) is 0 Å². The van der Waals surface area contributed by atoms with Crippen LogP contribution in [0.15, 0.2) is 113 Å². The van der Waals surface area contributed by atoms with Crippen LogP contribution in [0.1, 0.15) is 52.7 Å². The minimum atomic E-state index is -0.265. The van der Waals surface area contributed by atoms with Crippen molar-refractivity contribution in [3.8, 4) is 39.7 Å². The predicted molar refractivity (Wildman–Crippen MR) is 181 cm³/mol. The van der Waals surface area contributed by atoms with E-state index in [1.165, 1.54) is 0 Å². The molecule has 0 bridgehead atoms. The third kappa shape index (κ3) is 6.22. The Kier molecular flexibility index (Phi) is 7.72. The van der Waals surface area contributed by atoms with Crippen molar-refractivity contribution >= 4 is 22.5 Å². The molecule has 0 spiro atoms. The summed E-state index contributed by atoms with van der Waals surface area (Å²) in [5, 5.41) is 14.7. The number of hydrogen-bond acceptors (Lipinski definition) is 6. The van der Waals surface area contributed by atoms with E-state index >= 15 is 0 Å². The highest BCUT2D eigenvalue weighted by atomic mass is 32.2. The second-order valence-corrected chi connectivity index (χ2v) is 14.2. The number of rotatable bonds is 5. The fourth-order valence-corrected chi connectivity index (χ4v) is 6.00. The summed E-state index contributed by atoms with van der Waals surface area (Å²) in [6, 6.07) is 28.7. The van der Waals surface area contributed by atoms with Crippen molar-refractivity contribution in [2.24, 2.45) is 0 Å². The van der Waals surface area contributed by atoms with Crippen LogP contribution in [0, 0.1) is 0 Å². The number of pyridine rings is 2. The number of nitrogens with zero attached hydrogens (tertiary/aromatic N) is 4. The van der Waals surface area contributed by atoms with E-state index in [1.807, 2.05) is 54.9 Å². The molecular formula is C38H36N4OS. The Bertz CT molecular complexity index is 1970. The van der Waals surface area contributed by atoms with Gasteiger partial charge in [0.1, 0.15) is 10.8 Å². The van der Waals surface area contributed by atoms with Gasteiger partial charge >= 0.3 is 0 Å². The van der Waals surface area contributed by atoms with Gasteiger partial charge in [-0.05, 0) is 52.8 Å². The molecule has 0 saturated heterocycles. The molecule has 0 atom stereocenters. The van der Waals surface area contributed by atoms with E-state index in [4.69, 9.17) is 9.97 Å². The number of phenols is 1. The van der Waals surface area contributed by atoms with E-state index in [0.29, 0.717) is 11.4 Å². The second kappa shape index (κ2) is 11.5. The van der Waals surface area contributed by atoms with Gasteiger partial charge in [0.15, 0.2) is 5.82 Å². The predicted octanol–water partition coefficient (Wildman–Crippen LogP) is 9.87. The highest BCUT2D eigenvalue weighted by Crippen LogP contribution is 2.42. The molecule has 0 amide bonds. The molecule has 0 aliphatic rings. The van der Waals surface area contributed by atoms with Gasteiger partial charge in [-0.15, -0.1) is 0 Å². The number of aromatic hydroxyl groups is 1. The van der Waals surface area contributed by atoms with Crippen LogP contribution in [-0.4, -0.2) is 25.0 Å². The van der Waals surface area contributed by atoms with Crippen LogP contribution in [0.4, 0.5) is 0 Å². The van der Waals surface area contributed by atoms with Crippen LogP contribution in [0.3, 0.4) is 0 Å². The smallest absolute Gasteiger partial charge is 0.164 e. The Balaban J connectivity index is 1.49. The third-order valence-corrected chi connectivity index (χ3v) is 8.59. The number of aromatic nitrogens is 4. The molecular weight excluding hydrogens is 561 g/mol.